The fourth-order valence-corrected chi connectivity index (χ4v) is 3.40. The fraction of sp³-hybridized carbons (Fsp3) is 0.263. The zero-order valence-corrected chi connectivity index (χ0v) is 15.1. The number of nitrogens with zero attached hydrogens (tertiary/aromatic N) is 1. The van der Waals surface area contributed by atoms with Gasteiger partial charge in [-0.1, -0.05) is 18.2 Å². The number of anilines is 2. The lowest BCUT2D eigenvalue weighted by Crippen LogP contribution is -2.45. The summed E-state index contributed by atoms with van der Waals surface area (Å²) < 4.78 is 5.71. The van der Waals surface area contributed by atoms with Crippen LogP contribution in [0.3, 0.4) is 0 Å². The lowest BCUT2D eigenvalue weighted by molar-refractivity contribution is -0.125. The molecule has 130 valence electrons. The highest BCUT2D eigenvalue weighted by molar-refractivity contribution is 7.10. The van der Waals surface area contributed by atoms with E-state index in [0.29, 0.717) is 30.1 Å². The van der Waals surface area contributed by atoms with Gasteiger partial charge in [0.1, 0.15) is 5.75 Å². The molecule has 0 radical (unpaired) electrons. The minimum atomic E-state index is -0.566. The minimum Gasteiger partial charge on any atom is -0.479 e. The third-order valence-corrected chi connectivity index (χ3v) is 4.67. The van der Waals surface area contributed by atoms with Crippen LogP contribution in [0.5, 0.6) is 5.75 Å². The zero-order valence-electron chi connectivity index (χ0n) is 14.2. The van der Waals surface area contributed by atoms with E-state index in [-0.39, 0.29) is 11.8 Å². The van der Waals surface area contributed by atoms with Gasteiger partial charge in [-0.25, -0.2) is 0 Å². The standard InChI is InChI=1S/C19H20N2O3S/c1-12(2)11-21-16-7-6-14(9-17(16)24-13(3)19(21)23)20-18(22)10-15-5-4-8-25-15/h4-9,13H,1,10-11H2,2-3H3,(H,20,22). The Morgan fingerprint density at radius 3 is 2.88 bits per heavy atom. The van der Waals surface area contributed by atoms with Crippen LogP contribution < -0.4 is 15.0 Å². The topological polar surface area (TPSA) is 58.6 Å². The Bertz CT molecular complexity index is 814. The Morgan fingerprint density at radius 1 is 1.40 bits per heavy atom. The number of benzene rings is 1. The first-order valence-corrected chi connectivity index (χ1v) is 8.90. The molecule has 25 heavy (non-hydrogen) atoms. The van der Waals surface area contributed by atoms with Gasteiger partial charge in [-0.15, -0.1) is 11.3 Å². The van der Waals surface area contributed by atoms with Crippen molar-refractivity contribution >= 4 is 34.5 Å². The van der Waals surface area contributed by atoms with Gasteiger partial charge in [-0.3, -0.25) is 9.59 Å². The number of nitrogens with one attached hydrogen (secondary N) is 1. The Hall–Kier alpha value is -2.60. The molecule has 0 saturated carbocycles. The molecule has 6 heteroatoms. The molecule has 2 aromatic rings. The first-order chi connectivity index (χ1) is 11.9. The molecule has 1 aliphatic heterocycles. The second-order valence-electron chi connectivity index (χ2n) is 6.13. The van der Waals surface area contributed by atoms with Crippen LogP contribution in [0.4, 0.5) is 11.4 Å². The summed E-state index contributed by atoms with van der Waals surface area (Å²) in [5, 5.41) is 4.83. The van der Waals surface area contributed by atoms with Gasteiger partial charge in [0.05, 0.1) is 12.1 Å². The molecule has 3 rings (SSSR count). The van der Waals surface area contributed by atoms with Gasteiger partial charge in [-0.2, -0.15) is 0 Å². The van der Waals surface area contributed by atoms with Crippen LogP contribution in [0, 0.1) is 0 Å². The summed E-state index contributed by atoms with van der Waals surface area (Å²) in [6.07, 6.45) is -0.226. The van der Waals surface area contributed by atoms with Crippen molar-refractivity contribution in [3.05, 3.63) is 52.7 Å². The lowest BCUT2D eigenvalue weighted by atomic mass is 10.1. The highest BCUT2D eigenvalue weighted by Gasteiger charge is 2.31. The van der Waals surface area contributed by atoms with Crippen LogP contribution in [0.15, 0.2) is 47.9 Å². The van der Waals surface area contributed by atoms with Crippen LogP contribution in [0.1, 0.15) is 18.7 Å². The molecule has 1 aromatic heterocycles. The number of hydrogen-bond acceptors (Lipinski definition) is 4. The Kier molecular flexibility index (Phi) is 4.90. The first-order valence-electron chi connectivity index (χ1n) is 8.02. The van der Waals surface area contributed by atoms with Crippen LogP contribution in [-0.4, -0.2) is 24.5 Å². The molecule has 1 N–H and O–H groups in total. The van der Waals surface area contributed by atoms with Crippen molar-refractivity contribution in [2.75, 3.05) is 16.8 Å². The molecule has 0 spiro atoms. The third-order valence-electron chi connectivity index (χ3n) is 3.79. The first kappa shape index (κ1) is 17.2. The summed E-state index contributed by atoms with van der Waals surface area (Å²) >= 11 is 1.55. The van der Waals surface area contributed by atoms with Gasteiger partial charge < -0.3 is 15.0 Å². The normalized spacial score (nSPS) is 16.2. The summed E-state index contributed by atoms with van der Waals surface area (Å²) in [6.45, 7) is 7.93. The smallest absolute Gasteiger partial charge is 0.268 e. The average Bonchev–Trinajstić information content (AvgIpc) is 3.04. The van der Waals surface area contributed by atoms with Gasteiger partial charge >= 0.3 is 0 Å². The number of fused-ring (bicyclic) bond motifs is 1. The van der Waals surface area contributed by atoms with Crippen LogP contribution in [-0.2, 0) is 16.0 Å². The molecule has 5 nitrogen and oxygen atoms in total. The lowest BCUT2D eigenvalue weighted by Gasteiger charge is -2.33. The van der Waals surface area contributed by atoms with Crippen LogP contribution >= 0.6 is 11.3 Å². The molecule has 1 aromatic carbocycles. The van der Waals surface area contributed by atoms with Gasteiger partial charge in [0.15, 0.2) is 6.10 Å². The van der Waals surface area contributed by atoms with E-state index in [0.717, 1.165) is 10.5 Å². The van der Waals surface area contributed by atoms with Gasteiger partial charge in [0.2, 0.25) is 5.91 Å². The molecule has 1 atom stereocenters. The van der Waals surface area contributed by atoms with E-state index in [4.69, 9.17) is 4.74 Å². The van der Waals surface area contributed by atoms with E-state index in [1.165, 1.54) is 0 Å². The summed E-state index contributed by atoms with van der Waals surface area (Å²) in [5.74, 6) is 0.411. The monoisotopic (exact) mass is 356 g/mol. The van der Waals surface area contributed by atoms with Crippen molar-refractivity contribution in [2.24, 2.45) is 0 Å². The molecule has 0 fully saturated rings. The molecule has 0 bridgehead atoms. The molecule has 2 amide bonds. The summed E-state index contributed by atoms with van der Waals surface area (Å²) in [5.41, 5.74) is 2.24. The third kappa shape index (κ3) is 3.91. The predicted molar refractivity (Wildman–Crippen MR) is 100 cm³/mol. The Balaban J connectivity index is 1.79. The molecule has 0 saturated heterocycles. The maximum Gasteiger partial charge on any atom is 0.268 e. The maximum atomic E-state index is 12.4. The number of carbonyl (C=O) groups is 2. The number of hydrogen-bond donors (Lipinski definition) is 1. The summed E-state index contributed by atoms with van der Waals surface area (Å²) in [7, 11) is 0. The molecule has 2 heterocycles. The fourth-order valence-electron chi connectivity index (χ4n) is 2.70. The molecular formula is C19H20N2O3S. The molecule has 1 aliphatic rings. The number of thiophene rings is 1. The van der Waals surface area contributed by atoms with E-state index in [1.54, 1.807) is 41.4 Å². The van der Waals surface area contributed by atoms with Crippen molar-refractivity contribution in [1.29, 1.82) is 0 Å². The van der Waals surface area contributed by atoms with Crippen molar-refractivity contribution in [3.63, 3.8) is 0 Å². The molecule has 0 aliphatic carbocycles. The number of rotatable bonds is 5. The Labute approximate surface area is 150 Å². The zero-order chi connectivity index (χ0) is 18.0. The quantitative estimate of drug-likeness (QED) is 0.833. The van der Waals surface area contributed by atoms with Crippen LogP contribution in [0.2, 0.25) is 0 Å². The number of ether oxygens (including phenoxy) is 1. The van der Waals surface area contributed by atoms with Crippen LogP contribution in [0.25, 0.3) is 0 Å². The predicted octanol–water partition coefficient (Wildman–Crippen LogP) is 3.62. The minimum absolute atomic E-state index is 0.0823. The van der Waals surface area contributed by atoms with E-state index >= 15 is 0 Å². The summed E-state index contributed by atoms with van der Waals surface area (Å²) in [4.78, 5) is 27.2. The second kappa shape index (κ2) is 7.11. The molecular weight excluding hydrogens is 336 g/mol. The van der Waals surface area contributed by atoms with Crippen molar-refractivity contribution in [3.8, 4) is 5.75 Å². The largest absolute Gasteiger partial charge is 0.479 e. The van der Waals surface area contributed by atoms with E-state index in [1.807, 2.05) is 24.4 Å². The molecule has 1 unspecified atom stereocenters. The number of amides is 2. The van der Waals surface area contributed by atoms with Gasteiger partial charge in [-0.05, 0) is 37.4 Å². The van der Waals surface area contributed by atoms with Crippen molar-refractivity contribution < 1.29 is 14.3 Å². The van der Waals surface area contributed by atoms with E-state index in [9.17, 15) is 9.59 Å². The van der Waals surface area contributed by atoms with Gasteiger partial charge in [0.25, 0.3) is 5.91 Å². The van der Waals surface area contributed by atoms with Gasteiger partial charge in [0, 0.05) is 23.2 Å². The number of carbonyl (C=O) groups excluding carboxylic acids is 2. The van der Waals surface area contributed by atoms with Crippen molar-refractivity contribution in [1.82, 2.24) is 0 Å². The SMILES string of the molecule is C=C(C)CN1C(=O)C(C)Oc2cc(NC(=O)Cc3cccs3)ccc21. The van der Waals surface area contributed by atoms with E-state index in [2.05, 4.69) is 11.9 Å². The summed E-state index contributed by atoms with van der Waals surface area (Å²) in [6, 6.07) is 9.19. The highest BCUT2D eigenvalue weighted by Crippen LogP contribution is 2.36. The highest BCUT2D eigenvalue weighted by atomic mass is 32.1. The average molecular weight is 356 g/mol. The maximum absolute atomic E-state index is 12.4. The van der Waals surface area contributed by atoms with E-state index < -0.39 is 6.10 Å². The second-order valence-corrected chi connectivity index (χ2v) is 7.16. The van der Waals surface area contributed by atoms with Crippen molar-refractivity contribution in [2.45, 2.75) is 26.4 Å². The Morgan fingerprint density at radius 2 is 2.20 bits per heavy atom.